The highest BCUT2D eigenvalue weighted by Crippen LogP contribution is 2.35. The molecule has 134 valence electrons. The molecule has 0 radical (unpaired) electrons. The molecule has 2 aliphatic heterocycles. The van der Waals surface area contributed by atoms with Gasteiger partial charge in [-0.3, -0.25) is 4.90 Å². The van der Waals surface area contributed by atoms with Crippen LogP contribution in [0.3, 0.4) is 0 Å². The van der Waals surface area contributed by atoms with E-state index in [0.717, 1.165) is 44.2 Å². The van der Waals surface area contributed by atoms with E-state index >= 15 is 0 Å². The average molecular weight is 349 g/mol. The van der Waals surface area contributed by atoms with Crippen molar-refractivity contribution in [1.82, 2.24) is 14.5 Å². The second-order valence-corrected chi connectivity index (χ2v) is 7.52. The van der Waals surface area contributed by atoms with Crippen molar-refractivity contribution in [1.29, 1.82) is 0 Å². The summed E-state index contributed by atoms with van der Waals surface area (Å²) in [6, 6.07) is 12.7. The fourth-order valence-electron chi connectivity index (χ4n) is 4.14. The van der Waals surface area contributed by atoms with Crippen LogP contribution in [0, 0.1) is 6.92 Å². The van der Waals surface area contributed by atoms with Gasteiger partial charge in [0.25, 0.3) is 0 Å². The number of hydrogen-bond acceptors (Lipinski definition) is 4. The highest BCUT2D eigenvalue weighted by molar-refractivity contribution is 5.60. The summed E-state index contributed by atoms with van der Waals surface area (Å²) in [5.41, 5.74) is 3.56. The summed E-state index contributed by atoms with van der Waals surface area (Å²) in [4.78, 5) is 7.02. The van der Waals surface area contributed by atoms with E-state index in [1.165, 1.54) is 16.8 Å². The molecule has 1 saturated heterocycles. The van der Waals surface area contributed by atoms with Crippen molar-refractivity contribution < 1.29 is 9.15 Å². The smallest absolute Gasteiger partial charge is 0.135 e. The van der Waals surface area contributed by atoms with Gasteiger partial charge in [-0.1, -0.05) is 29.8 Å². The summed E-state index contributed by atoms with van der Waals surface area (Å²) in [5.74, 6) is 2.04. The third-order valence-electron chi connectivity index (χ3n) is 5.59. The number of rotatable bonds is 3. The molecule has 1 aromatic carbocycles. The van der Waals surface area contributed by atoms with E-state index in [4.69, 9.17) is 9.15 Å². The van der Waals surface area contributed by atoms with Crippen LogP contribution in [0.2, 0.25) is 0 Å². The molecule has 2 aliphatic rings. The number of fused-ring (bicyclic) bond motifs is 1. The molecule has 26 heavy (non-hydrogen) atoms. The van der Waals surface area contributed by atoms with Crippen molar-refractivity contribution in [2.24, 2.45) is 0 Å². The number of ether oxygens (including phenoxy) is 1. The molecule has 0 amide bonds. The molecular formula is C21H23N3O2. The quantitative estimate of drug-likeness (QED) is 0.724. The number of benzene rings is 1. The summed E-state index contributed by atoms with van der Waals surface area (Å²) >= 11 is 0. The Balaban J connectivity index is 1.38. The molecule has 0 saturated carbocycles. The molecule has 4 heterocycles. The number of hydrogen-bond donors (Lipinski definition) is 0. The zero-order valence-electron chi connectivity index (χ0n) is 15.0. The molecule has 5 heteroatoms. The van der Waals surface area contributed by atoms with Crippen molar-refractivity contribution in [3.05, 3.63) is 66.0 Å². The van der Waals surface area contributed by atoms with Gasteiger partial charge in [0.15, 0.2) is 0 Å². The lowest BCUT2D eigenvalue weighted by molar-refractivity contribution is -0.0823. The van der Waals surface area contributed by atoms with Gasteiger partial charge in [-0.25, -0.2) is 4.98 Å². The average Bonchev–Trinajstić information content (AvgIpc) is 3.37. The monoisotopic (exact) mass is 349 g/mol. The second kappa shape index (κ2) is 6.11. The van der Waals surface area contributed by atoms with E-state index in [1.54, 1.807) is 6.26 Å². The molecule has 2 aromatic heterocycles. The first-order valence-corrected chi connectivity index (χ1v) is 9.21. The third-order valence-corrected chi connectivity index (χ3v) is 5.59. The topological polar surface area (TPSA) is 43.4 Å². The summed E-state index contributed by atoms with van der Waals surface area (Å²) in [6.07, 6.45) is 4.76. The van der Waals surface area contributed by atoms with Crippen LogP contribution in [-0.4, -0.2) is 33.1 Å². The van der Waals surface area contributed by atoms with Gasteiger partial charge < -0.3 is 13.7 Å². The molecule has 5 nitrogen and oxygen atoms in total. The van der Waals surface area contributed by atoms with Crippen LogP contribution in [0.25, 0.3) is 11.3 Å². The van der Waals surface area contributed by atoms with Crippen molar-refractivity contribution in [2.75, 3.05) is 13.1 Å². The lowest BCUT2D eigenvalue weighted by atomic mass is 10.0. The Labute approximate surface area is 153 Å². The maximum absolute atomic E-state index is 6.32. The lowest BCUT2D eigenvalue weighted by Gasteiger charge is -2.35. The van der Waals surface area contributed by atoms with Gasteiger partial charge in [-0.15, -0.1) is 0 Å². The minimum atomic E-state index is -0.125. The first-order chi connectivity index (χ1) is 12.7. The van der Waals surface area contributed by atoms with E-state index < -0.39 is 0 Å². The normalized spacial score (nSPS) is 22.8. The number of furan rings is 1. The number of imidazole rings is 1. The van der Waals surface area contributed by atoms with Gasteiger partial charge in [-0.2, -0.15) is 0 Å². The van der Waals surface area contributed by atoms with E-state index in [0.29, 0.717) is 6.61 Å². The molecule has 1 fully saturated rings. The second-order valence-electron chi connectivity index (χ2n) is 7.52. The van der Waals surface area contributed by atoms with E-state index in [9.17, 15) is 0 Å². The maximum atomic E-state index is 6.32. The molecule has 1 unspecified atom stereocenters. The van der Waals surface area contributed by atoms with Gasteiger partial charge >= 0.3 is 0 Å². The number of nitrogens with zero attached hydrogens (tertiary/aromatic N) is 3. The summed E-state index contributed by atoms with van der Waals surface area (Å²) in [5, 5.41) is 0. The molecule has 3 aromatic rings. The Kier molecular flexibility index (Phi) is 3.72. The van der Waals surface area contributed by atoms with E-state index in [-0.39, 0.29) is 5.60 Å². The molecule has 0 bridgehead atoms. The number of aromatic nitrogens is 2. The minimum absolute atomic E-state index is 0.125. The molecule has 5 rings (SSSR count). The zero-order valence-corrected chi connectivity index (χ0v) is 15.0. The van der Waals surface area contributed by atoms with Crippen LogP contribution < -0.4 is 0 Å². The summed E-state index contributed by atoms with van der Waals surface area (Å²) in [6.45, 7) is 6.37. The molecule has 1 atom stereocenters. The fraction of sp³-hybridized carbons (Fsp3) is 0.381. The van der Waals surface area contributed by atoms with E-state index in [2.05, 4.69) is 45.6 Å². The maximum Gasteiger partial charge on any atom is 0.135 e. The van der Waals surface area contributed by atoms with Crippen molar-refractivity contribution in [3.8, 4) is 11.3 Å². The first kappa shape index (κ1) is 15.9. The van der Waals surface area contributed by atoms with Gasteiger partial charge in [0, 0.05) is 13.1 Å². The van der Waals surface area contributed by atoms with Crippen LogP contribution in [0.15, 0.2) is 53.3 Å². The lowest BCUT2D eigenvalue weighted by Crippen LogP contribution is -2.44. The van der Waals surface area contributed by atoms with Gasteiger partial charge in [-0.05, 0) is 31.0 Å². The zero-order chi connectivity index (χ0) is 17.6. The molecule has 0 N–H and O–H groups in total. The number of likely N-dealkylation sites (tertiary alicyclic amines) is 1. The highest BCUT2D eigenvalue weighted by atomic mass is 16.5. The Morgan fingerprint density at radius 2 is 2.04 bits per heavy atom. The van der Waals surface area contributed by atoms with Crippen molar-refractivity contribution in [2.45, 2.75) is 38.6 Å². The first-order valence-electron chi connectivity index (χ1n) is 9.21. The van der Waals surface area contributed by atoms with Gasteiger partial charge in [0.05, 0.1) is 31.2 Å². The third kappa shape index (κ3) is 2.77. The van der Waals surface area contributed by atoms with Gasteiger partial charge in [0.1, 0.15) is 23.8 Å². The van der Waals surface area contributed by atoms with Crippen LogP contribution in [-0.2, 0) is 24.4 Å². The van der Waals surface area contributed by atoms with Crippen LogP contribution in [0.4, 0.5) is 0 Å². The van der Waals surface area contributed by atoms with Crippen molar-refractivity contribution >= 4 is 0 Å². The predicted molar refractivity (Wildman–Crippen MR) is 98.5 cm³/mol. The number of aryl methyl sites for hydroxylation is 1. The van der Waals surface area contributed by atoms with Crippen molar-refractivity contribution in [3.63, 3.8) is 0 Å². The Morgan fingerprint density at radius 1 is 1.15 bits per heavy atom. The molecule has 0 aliphatic carbocycles. The molecule has 1 spiro atoms. The predicted octanol–water partition coefficient (Wildman–Crippen LogP) is 3.63. The van der Waals surface area contributed by atoms with Crippen LogP contribution in [0.1, 0.15) is 23.6 Å². The molecular weight excluding hydrogens is 326 g/mol. The van der Waals surface area contributed by atoms with Crippen LogP contribution >= 0.6 is 0 Å². The SMILES string of the molecule is Cc1ccc(-c2cnc3n2CC2(CCN(Cc4ccco4)C2)OC3)cc1. The van der Waals surface area contributed by atoms with Crippen LogP contribution in [0.5, 0.6) is 0 Å². The Morgan fingerprint density at radius 3 is 2.85 bits per heavy atom. The Hall–Kier alpha value is -2.37. The minimum Gasteiger partial charge on any atom is -0.468 e. The highest BCUT2D eigenvalue weighted by Gasteiger charge is 2.43. The largest absolute Gasteiger partial charge is 0.468 e. The summed E-state index contributed by atoms with van der Waals surface area (Å²) in [7, 11) is 0. The fourth-order valence-corrected chi connectivity index (χ4v) is 4.14. The van der Waals surface area contributed by atoms with E-state index in [1.807, 2.05) is 18.3 Å². The standard InChI is InChI=1S/C21H23N3O2/c1-16-4-6-17(7-5-16)19-11-22-20-13-26-21(15-24(19)20)8-9-23(14-21)12-18-3-2-10-25-18/h2-7,10-11H,8-9,12-15H2,1H3. The summed E-state index contributed by atoms with van der Waals surface area (Å²) < 4.78 is 14.2. The Bertz CT molecular complexity index is 898. The van der Waals surface area contributed by atoms with Gasteiger partial charge in [0.2, 0.25) is 0 Å².